The third-order valence-corrected chi connectivity index (χ3v) is 5.85. The maximum Gasteiger partial charge on any atom is 0.257 e. The number of benzene rings is 2. The van der Waals surface area contributed by atoms with E-state index in [1.807, 2.05) is 29.6 Å². The zero-order chi connectivity index (χ0) is 20.9. The molecule has 0 aliphatic carbocycles. The van der Waals surface area contributed by atoms with Gasteiger partial charge in [0.05, 0.1) is 5.56 Å². The number of aromatic nitrogens is 1. The standard InChI is InChI=1S/C22H23FN4O2S/c23-20-6-5-18(29-17-3-1-16(2-4-17)7-8-24)15-19(20)21(28)26-10-12-27(13-11-26)22-25-9-14-30-22/h1-6,9,14-15H,7-8,10-13,24H2. The van der Waals surface area contributed by atoms with Crippen molar-refractivity contribution in [2.45, 2.75) is 6.42 Å². The summed E-state index contributed by atoms with van der Waals surface area (Å²) in [4.78, 5) is 21.0. The van der Waals surface area contributed by atoms with Crippen LogP contribution < -0.4 is 15.4 Å². The van der Waals surface area contributed by atoms with E-state index < -0.39 is 5.82 Å². The zero-order valence-electron chi connectivity index (χ0n) is 16.5. The van der Waals surface area contributed by atoms with Gasteiger partial charge >= 0.3 is 0 Å². The predicted octanol–water partition coefficient (Wildman–Crippen LogP) is 3.54. The van der Waals surface area contributed by atoms with Crippen molar-refractivity contribution in [1.82, 2.24) is 9.88 Å². The van der Waals surface area contributed by atoms with Gasteiger partial charge in [0.2, 0.25) is 0 Å². The van der Waals surface area contributed by atoms with Crippen LogP contribution >= 0.6 is 11.3 Å². The first-order chi connectivity index (χ1) is 14.6. The van der Waals surface area contributed by atoms with E-state index in [0.29, 0.717) is 44.2 Å². The van der Waals surface area contributed by atoms with Gasteiger partial charge in [0.25, 0.3) is 5.91 Å². The molecule has 0 atom stereocenters. The molecule has 1 fully saturated rings. The minimum absolute atomic E-state index is 0.0231. The van der Waals surface area contributed by atoms with Crippen LogP contribution in [0.5, 0.6) is 11.5 Å². The molecule has 4 rings (SSSR count). The first-order valence-corrected chi connectivity index (χ1v) is 10.7. The first-order valence-electron chi connectivity index (χ1n) is 9.84. The summed E-state index contributed by atoms with van der Waals surface area (Å²) in [6.07, 6.45) is 2.56. The van der Waals surface area contributed by atoms with E-state index in [1.54, 1.807) is 22.4 Å². The minimum atomic E-state index is -0.548. The lowest BCUT2D eigenvalue weighted by molar-refractivity contribution is 0.0741. The number of nitrogens with two attached hydrogens (primary N) is 1. The van der Waals surface area contributed by atoms with Crippen LogP contribution in [-0.2, 0) is 6.42 Å². The van der Waals surface area contributed by atoms with Gasteiger partial charge in [-0.05, 0) is 48.9 Å². The molecule has 30 heavy (non-hydrogen) atoms. The molecule has 156 valence electrons. The summed E-state index contributed by atoms with van der Waals surface area (Å²) in [6, 6.07) is 11.8. The van der Waals surface area contributed by atoms with E-state index in [9.17, 15) is 9.18 Å². The van der Waals surface area contributed by atoms with Crippen LogP contribution in [-0.4, -0.2) is 48.5 Å². The molecule has 2 N–H and O–H groups in total. The summed E-state index contributed by atoms with van der Waals surface area (Å²) in [7, 11) is 0. The van der Waals surface area contributed by atoms with Crippen molar-refractivity contribution in [3.8, 4) is 11.5 Å². The van der Waals surface area contributed by atoms with Gasteiger partial charge in [-0.15, -0.1) is 11.3 Å². The molecule has 0 bridgehead atoms. The Labute approximate surface area is 178 Å². The minimum Gasteiger partial charge on any atom is -0.457 e. The van der Waals surface area contributed by atoms with Crippen molar-refractivity contribution in [2.24, 2.45) is 5.73 Å². The molecule has 1 amide bonds. The SMILES string of the molecule is NCCc1ccc(Oc2ccc(F)c(C(=O)N3CCN(c4nccs4)CC3)c2)cc1. The van der Waals surface area contributed by atoms with Gasteiger partial charge < -0.3 is 20.3 Å². The summed E-state index contributed by atoms with van der Waals surface area (Å²) in [5.41, 5.74) is 6.71. The molecule has 2 heterocycles. The highest BCUT2D eigenvalue weighted by Crippen LogP contribution is 2.26. The molecule has 6 nitrogen and oxygen atoms in total. The number of halogens is 1. The van der Waals surface area contributed by atoms with E-state index in [1.165, 1.54) is 18.2 Å². The van der Waals surface area contributed by atoms with E-state index in [4.69, 9.17) is 10.5 Å². The number of hydrogen-bond donors (Lipinski definition) is 1. The quantitative estimate of drug-likeness (QED) is 0.653. The second-order valence-electron chi connectivity index (χ2n) is 7.02. The number of amides is 1. The maximum atomic E-state index is 14.4. The molecule has 0 saturated carbocycles. The number of nitrogens with zero attached hydrogens (tertiary/aromatic N) is 3. The molecule has 0 unspecified atom stereocenters. The number of hydrogen-bond acceptors (Lipinski definition) is 6. The highest BCUT2D eigenvalue weighted by molar-refractivity contribution is 7.13. The smallest absolute Gasteiger partial charge is 0.257 e. The molecule has 1 aliphatic rings. The van der Waals surface area contributed by atoms with Crippen LogP contribution in [0, 0.1) is 5.82 Å². The fraction of sp³-hybridized carbons (Fsp3) is 0.273. The Balaban J connectivity index is 1.43. The van der Waals surface area contributed by atoms with Gasteiger partial charge in [0.1, 0.15) is 17.3 Å². The molecular weight excluding hydrogens is 403 g/mol. The van der Waals surface area contributed by atoms with E-state index >= 15 is 0 Å². The van der Waals surface area contributed by atoms with Crippen LogP contribution in [0.15, 0.2) is 54.0 Å². The normalized spacial score (nSPS) is 14.1. The lowest BCUT2D eigenvalue weighted by Crippen LogP contribution is -2.49. The Morgan fingerprint density at radius 2 is 1.83 bits per heavy atom. The third kappa shape index (κ3) is 4.60. The summed E-state index contributed by atoms with van der Waals surface area (Å²) < 4.78 is 20.2. The number of carbonyl (C=O) groups is 1. The van der Waals surface area contributed by atoms with Crippen LogP contribution in [0.3, 0.4) is 0 Å². The van der Waals surface area contributed by atoms with Gasteiger partial charge in [0, 0.05) is 37.8 Å². The lowest BCUT2D eigenvalue weighted by Gasteiger charge is -2.34. The van der Waals surface area contributed by atoms with Crippen LogP contribution in [0.1, 0.15) is 15.9 Å². The van der Waals surface area contributed by atoms with Crippen molar-refractivity contribution >= 4 is 22.4 Å². The highest BCUT2D eigenvalue weighted by atomic mass is 32.1. The number of ether oxygens (including phenoxy) is 1. The van der Waals surface area contributed by atoms with Crippen molar-refractivity contribution in [2.75, 3.05) is 37.6 Å². The van der Waals surface area contributed by atoms with Crippen molar-refractivity contribution in [3.63, 3.8) is 0 Å². The third-order valence-electron chi connectivity index (χ3n) is 5.02. The summed E-state index contributed by atoms with van der Waals surface area (Å²) >= 11 is 1.57. The Morgan fingerprint density at radius 3 is 2.50 bits per heavy atom. The number of rotatable bonds is 6. The van der Waals surface area contributed by atoms with Gasteiger partial charge in [0.15, 0.2) is 5.13 Å². The summed E-state index contributed by atoms with van der Waals surface area (Å²) in [6.45, 7) is 2.97. The summed E-state index contributed by atoms with van der Waals surface area (Å²) in [5, 5.41) is 2.88. The average molecular weight is 427 g/mol. The number of anilines is 1. The lowest BCUT2D eigenvalue weighted by atomic mass is 10.1. The van der Waals surface area contributed by atoms with Crippen LogP contribution in [0.25, 0.3) is 0 Å². The highest BCUT2D eigenvalue weighted by Gasteiger charge is 2.25. The molecule has 8 heteroatoms. The van der Waals surface area contributed by atoms with Gasteiger partial charge in [-0.3, -0.25) is 4.79 Å². The van der Waals surface area contributed by atoms with E-state index in [2.05, 4.69) is 9.88 Å². The Morgan fingerprint density at radius 1 is 1.10 bits per heavy atom. The Hall–Kier alpha value is -2.97. The number of carbonyl (C=O) groups excluding carboxylic acids is 1. The average Bonchev–Trinajstić information content (AvgIpc) is 3.31. The molecule has 3 aromatic rings. The van der Waals surface area contributed by atoms with Gasteiger partial charge in [-0.25, -0.2) is 9.37 Å². The molecule has 2 aromatic carbocycles. The molecule has 1 aromatic heterocycles. The molecule has 0 spiro atoms. The second kappa shape index (κ2) is 9.23. The van der Waals surface area contributed by atoms with Gasteiger partial charge in [-0.1, -0.05) is 12.1 Å². The molecular formula is C22H23FN4O2S. The van der Waals surface area contributed by atoms with Crippen LogP contribution in [0.2, 0.25) is 0 Å². The summed E-state index contributed by atoms with van der Waals surface area (Å²) in [5.74, 6) is 0.175. The predicted molar refractivity (Wildman–Crippen MR) is 116 cm³/mol. The fourth-order valence-corrected chi connectivity index (χ4v) is 4.10. The monoisotopic (exact) mass is 426 g/mol. The fourth-order valence-electron chi connectivity index (χ4n) is 3.40. The van der Waals surface area contributed by atoms with Crippen molar-refractivity contribution in [1.29, 1.82) is 0 Å². The number of thiazole rings is 1. The van der Waals surface area contributed by atoms with E-state index in [-0.39, 0.29) is 11.5 Å². The maximum absolute atomic E-state index is 14.4. The van der Waals surface area contributed by atoms with Crippen molar-refractivity contribution in [3.05, 3.63) is 71.0 Å². The van der Waals surface area contributed by atoms with Crippen molar-refractivity contribution < 1.29 is 13.9 Å². The Kier molecular flexibility index (Phi) is 6.25. The number of piperazine rings is 1. The van der Waals surface area contributed by atoms with Gasteiger partial charge in [-0.2, -0.15) is 0 Å². The largest absolute Gasteiger partial charge is 0.457 e. The second-order valence-corrected chi connectivity index (χ2v) is 7.89. The molecule has 0 radical (unpaired) electrons. The topological polar surface area (TPSA) is 71.7 Å². The Bertz CT molecular complexity index is 987. The first kappa shape index (κ1) is 20.3. The molecule has 1 aliphatic heterocycles. The molecule has 1 saturated heterocycles. The van der Waals surface area contributed by atoms with Crippen LogP contribution in [0.4, 0.5) is 9.52 Å². The van der Waals surface area contributed by atoms with E-state index in [0.717, 1.165) is 17.1 Å². The zero-order valence-corrected chi connectivity index (χ0v) is 17.3.